The highest BCUT2D eigenvalue weighted by atomic mass is 35.5. The van der Waals surface area contributed by atoms with Crippen LogP contribution in [0.2, 0.25) is 5.02 Å². The summed E-state index contributed by atoms with van der Waals surface area (Å²) in [5, 5.41) is 0.546. The standard InChI is InChI=1S/C16H14ClFO/c1-10-3-5-13(17)9-15(10)16(19)8-12-4-6-14(18)7-11(12)2/h3-7,9H,8H2,1-2H3. The smallest absolute Gasteiger partial charge is 0.167 e. The maximum atomic E-state index is 13.0. The lowest BCUT2D eigenvalue weighted by atomic mass is 9.97. The van der Waals surface area contributed by atoms with E-state index in [1.807, 2.05) is 13.0 Å². The van der Waals surface area contributed by atoms with E-state index in [9.17, 15) is 9.18 Å². The number of aryl methyl sites for hydroxylation is 2. The number of benzene rings is 2. The molecule has 3 heteroatoms. The van der Waals surface area contributed by atoms with Crippen LogP contribution >= 0.6 is 11.6 Å². The van der Waals surface area contributed by atoms with E-state index in [0.29, 0.717) is 10.6 Å². The van der Waals surface area contributed by atoms with E-state index in [-0.39, 0.29) is 18.0 Å². The van der Waals surface area contributed by atoms with Gasteiger partial charge in [-0.25, -0.2) is 4.39 Å². The van der Waals surface area contributed by atoms with E-state index in [2.05, 4.69) is 0 Å². The molecule has 0 N–H and O–H groups in total. The number of hydrogen-bond donors (Lipinski definition) is 0. The van der Waals surface area contributed by atoms with Gasteiger partial charge < -0.3 is 0 Å². The van der Waals surface area contributed by atoms with Gasteiger partial charge in [0, 0.05) is 17.0 Å². The quantitative estimate of drug-likeness (QED) is 0.753. The molecule has 19 heavy (non-hydrogen) atoms. The van der Waals surface area contributed by atoms with Gasteiger partial charge in [-0.1, -0.05) is 23.7 Å². The molecule has 0 fully saturated rings. The zero-order valence-electron chi connectivity index (χ0n) is 10.8. The van der Waals surface area contributed by atoms with Crippen LogP contribution in [-0.4, -0.2) is 5.78 Å². The molecule has 0 spiro atoms. The molecule has 0 amide bonds. The Morgan fingerprint density at radius 3 is 2.53 bits per heavy atom. The zero-order valence-corrected chi connectivity index (χ0v) is 11.6. The molecular weight excluding hydrogens is 263 g/mol. The molecule has 2 rings (SSSR count). The summed E-state index contributed by atoms with van der Waals surface area (Å²) in [6.45, 7) is 3.68. The second kappa shape index (κ2) is 5.54. The van der Waals surface area contributed by atoms with Gasteiger partial charge in [0.05, 0.1) is 0 Å². The monoisotopic (exact) mass is 276 g/mol. The molecule has 0 saturated heterocycles. The van der Waals surface area contributed by atoms with Crippen LogP contribution in [-0.2, 0) is 6.42 Å². The Morgan fingerprint density at radius 1 is 1.11 bits per heavy atom. The summed E-state index contributed by atoms with van der Waals surface area (Å²) in [7, 11) is 0. The van der Waals surface area contributed by atoms with E-state index >= 15 is 0 Å². The number of halogens is 2. The fraction of sp³-hybridized carbons (Fsp3) is 0.188. The predicted octanol–water partition coefficient (Wildman–Crippen LogP) is 4.52. The minimum Gasteiger partial charge on any atom is -0.294 e. The lowest BCUT2D eigenvalue weighted by Gasteiger charge is -2.08. The lowest BCUT2D eigenvalue weighted by Crippen LogP contribution is -2.07. The Kier molecular flexibility index (Phi) is 4.01. The summed E-state index contributed by atoms with van der Waals surface area (Å²) in [4.78, 5) is 12.3. The predicted molar refractivity (Wildman–Crippen MR) is 75.4 cm³/mol. The van der Waals surface area contributed by atoms with Crippen molar-refractivity contribution in [3.05, 3.63) is 69.5 Å². The van der Waals surface area contributed by atoms with Gasteiger partial charge in [-0.05, 0) is 54.8 Å². The van der Waals surface area contributed by atoms with Crippen LogP contribution in [0.15, 0.2) is 36.4 Å². The van der Waals surface area contributed by atoms with Crippen LogP contribution in [0.4, 0.5) is 4.39 Å². The zero-order chi connectivity index (χ0) is 14.0. The average Bonchev–Trinajstić information content (AvgIpc) is 2.35. The molecule has 0 aliphatic rings. The van der Waals surface area contributed by atoms with Crippen LogP contribution in [0.3, 0.4) is 0 Å². The maximum absolute atomic E-state index is 13.0. The fourth-order valence-corrected chi connectivity index (χ4v) is 2.19. The van der Waals surface area contributed by atoms with Gasteiger partial charge in [-0.3, -0.25) is 4.79 Å². The molecule has 0 heterocycles. The van der Waals surface area contributed by atoms with Crippen molar-refractivity contribution >= 4 is 17.4 Å². The number of carbonyl (C=O) groups is 1. The molecule has 0 unspecified atom stereocenters. The molecule has 0 radical (unpaired) electrons. The van der Waals surface area contributed by atoms with Crippen molar-refractivity contribution in [3.63, 3.8) is 0 Å². The van der Waals surface area contributed by atoms with Crippen LogP contribution in [0.1, 0.15) is 27.0 Å². The molecule has 0 aliphatic carbocycles. The van der Waals surface area contributed by atoms with Crippen molar-refractivity contribution < 1.29 is 9.18 Å². The topological polar surface area (TPSA) is 17.1 Å². The van der Waals surface area contributed by atoms with Crippen LogP contribution in [0, 0.1) is 19.7 Å². The number of hydrogen-bond acceptors (Lipinski definition) is 1. The highest BCUT2D eigenvalue weighted by molar-refractivity contribution is 6.31. The van der Waals surface area contributed by atoms with Gasteiger partial charge >= 0.3 is 0 Å². The summed E-state index contributed by atoms with van der Waals surface area (Å²) in [6.07, 6.45) is 0.257. The van der Waals surface area contributed by atoms with Gasteiger partial charge in [-0.2, -0.15) is 0 Å². The lowest BCUT2D eigenvalue weighted by molar-refractivity contribution is 0.0992. The van der Waals surface area contributed by atoms with Gasteiger partial charge in [-0.15, -0.1) is 0 Å². The number of Topliss-reactive ketones (excluding diaryl/α,β-unsaturated/α-hetero) is 1. The first kappa shape index (κ1) is 13.8. The van der Waals surface area contributed by atoms with Gasteiger partial charge in [0.15, 0.2) is 5.78 Å². The molecule has 0 atom stereocenters. The highest BCUT2D eigenvalue weighted by Gasteiger charge is 2.12. The van der Waals surface area contributed by atoms with Gasteiger partial charge in [0.25, 0.3) is 0 Å². The normalized spacial score (nSPS) is 10.5. The van der Waals surface area contributed by atoms with Crippen LogP contribution in [0.5, 0.6) is 0 Å². The minimum absolute atomic E-state index is 0.00490. The highest BCUT2D eigenvalue weighted by Crippen LogP contribution is 2.19. The Labute approximate surface area is 117 Å². The largest absolute Gasteiger partial charge is 0.294 e. The summed E-state index contributed by atoms with van der Waals surface area (Å²) in [5.74, 6) is -0.289. The average molecular weight is 277 g/mol. The maximum Gasteiger partial charge on any atom is 0.167 e. The van der Waals surface area contributed by atoms with E-state index in [1.54, 1.807) is 25.1 Å². The molecule has 0 bridgehead atoms. The molecule has 2 aromatic carbocycles. The first-order valence-electron chi connectivity index (χ1n) is 6.02. The van der Waals surface area contributed by atoms with Crippen molar-refractivity contribution in [3.8, 4) is 0 Å². The first-order valence-corrected chi connectivity index (χ1v) is 6.39. The van der Waals surface area contributed by atoms with Crippen LogP contribution in [0.25, 0.3) is 0 Å². The molecular formula is C16H14ClFO. The third-order valence-corrected chi connectivity index (χ3v) is 3.39. The van der Waals surface area contributed by atoms with Gasteiger partial charge in [0.1, 0.15) is 5.82 Å². The number of rotatable bonds is 3. The first-order chi connectivity index (χ1) is 8.97. The van der Waals surface area contributed by atoms with Crippen molar-refractivity contribution in [2.24, 2.45) is 0 Å². The fourth-order valence-electron chi connectivity index (χ4n) is 2.02. The van der Waals surface area contributed by atoms with Crippen molar-refractivity contribution in [1.29, 1.82) is 0 Å². The second-order valence-electron chi connectivity index (χ2n) is 4.63. The van der Waals surface area contributed by atoms with E-state index < -0.39 is 0 Å². The molecule has 0 aromatic heterocycles. The minimum atomic E-state index is -0.285. The SMILES string of the molecule is Cc1cc(F)ccc1CC(=O)c1cc(Cl)ccc1C. The second-order valence-corrected chi connectivity index (χ2v) is 5.07. The number of carbonyl (C=O) groups excluding carboxylic acids is 1. The van der Waals surface area contributed by atoms with E-state index in [0.717, 1.165) is 16.7 Å². The van der Waals surface area contributed by atoms with Crippen molar-refractivity contribution in [2.75, 3.05) is 0 Å². The van der Waals surface area contributed by atoms with E-state index in [4.69, 9.17) is 11.6 Å². The summed E-state index contributed by atoms with van der Waals surface area (Å²) < 4.78 is 13.0. The molecule has 1 nitrogen and oxygen atoms in total. The van der Waals surface area contributed by atoms with Crippen molar-refractivity contribution in [2.45, 2.75) is 20.3 Å². The van der Waals surface area contributed by atoms with Crippen molar-refractivity contribution in [1.82, 2.24) is 0 Å². The molecule has 0 saturated carbocycles. The molecule has 98 valence electrons. The summed E-state index contributed by atoms with van der Waals surface area (Å²) >= 11 is 5.91. The third kappa shape index (κ3) is 3.21. The molecule has 0 aliphatic heterocycles. The van der Waals surface area contributed by atoms with Gasteiger partial charge in [0.2, 0.25) is 0 Å². The summed E-state index contributed by atoms with van der Waals surface area (Å²) in [5.41, 5.74) is 3.14. The Balaban J connectivity index is 2.28. The third-order valence-electron chi connectivity index (χ3n) is 3.16. The Bertz CT molecular complexity index is 635. The number of ketones is 1. The van der Waals surface area contributed by atoms with Crippen LogP contribution < -0.4 is 0 Å². The summed E-state index contributed by atoms with van der Waals surface area (Å²) in [6, 6.07) is 9.73. The Hall–Kier alpha value is -1.67. The Morgan fingerprint density at radius 2 is 1.84 bits per heavy atom. The van der Waals surface area contributed by atoms with E-state index in [1.165, 1.54) is 12.1 Å². The molecule has 2 aromatic rings.